The van der Waals surface area contributed by atoms with Crippen LogP contribution in [0.15, 0.2) is 36.7 Å². The number of hydrazine groups is 1. The van der Waals surface area contributed by atoms with Crippen LogP contribution in [0.5, 0.6) is 5.75 Å². The summed E-state index contributed by atoms with van der Waals surface area (Å²) < 4.78 is 22.4. The second kappa shape index (κ2) is 9.79. The summed E-state index contributed by atoms with van der Waals surface area (Å²) in [6.45, 7) is 3.94. The molecular weight excluding hydrogens is 423 g/mol. The Kier molecular flexibility index (Phi) is 6.62. The number of alkyl halides is 1. The molecule has 5 atom stereocenters. The zero-order valence-electron chi connectivity index (χ0n) is 19.0. The van der Waals surface area contributed by atoms with Gasteiger partial charge >= 0.3 is 0 Å². The zero-order valence-corrected chi connectivity index (χ0v) is 19.0. The minimum atomic E-state index is -0.954. The lowest BCUT2D eigenvalue weighted by molar-refractivity contribution is -0.119. The second-order valence-electron chi connectivity index (χ2n) is 9.49. The summed E-state index contributed by atoms with van der Waals surface area (Å²) in [5, 5.41) is 7.19. The standard InChI is InChI=1S/C24H33FN6O2/c1-30-15-16(14-26-30)19-12-20-22(13-21(19)25)28-29-23(20)24(32)27-17-4-6-18(7-5-17)33-11-10-31-8-2-3-9-31/h4-7,14-15,19-23,28-29H,2-3,8-13H2,1H3,(H,27,32). The van der Waals surface area contributed by atoms with Crippen LogP contribution in [-0.4, -0.2) is 65.1 Å². The summed E-state index contributed by atoms with van der Waals surface area (Å²) in [4.78, 5) is 15.5. The third kappa shape index (κ3) is 5.05. The molecule has 8 nitrogen and oxygen atoms in total. The number of fused-ring (bicyclic) bond motifs is 1. The molecule has 0 bridgehead atoms. The van der Waals surface area contributed by atoms with Crippen LogP contribution in [0, 0.1) is 5.92 Å². The number of rotatable bonds is 7. The molecule has 3 fully saturated rings. The van der Waals surface area contributed by atoms with Crippen LogP contribution < -0.4 is 20.9 Å². The molecule has 2 aliphatic heterocycles. The predicted molar refractivity (Wildman–Crippen MR) is 124 cm³/mol. The molecule has 9 heteroatoms. The average molecular weight is 457 g/mol. The van der Waals surface area contributed by atoms with E-state index in [1.807, 2.05) is 37.5 Å². The predicted octanol–water partition coefficient (Wildman–Crippen LogP) is 2.21. The van der Waals surface area contributed by atoms with Crippen LogP contribution in [0.1, 0.15) is 37.2 Å². The highest BCUT2D eigenvalue weighted by Crippen LogP contribution is 2.41. The number of carbonyl (C=O) groups is 1. The fourth-order valence-electron chi connectivity index (χ4n) is 5.41. The molecule has 1 aromatic heterocycles. The lowest BCUT2D eigenvalue weighted by Gasteiger charge is -2.34. The van der Waals surface area contributed by atoms with Gasteiger partial charge in [-0.2, -0.15) is 5.10 Å². The number of nitrogens with one attached hydrogen (secondary N) is 3. The van der Waals surface area contributed by atoms with Gasteiger partial charge < -0.3 is 10.1 Å². The quantitative estimate of drug-likeness (QED) is 0.593. The molecule has 5 rings (SSSR count). The van der Waals surface area contributed by atoms with Crippen molar-refractivity contribution in [3.05, 3.63) is 42.2 Å². The van der Waals surface area contributed by atoms with Crippen LogP contribution in [0.2, 0.25) is 0 Å². The van der Waals surface area contributed by atoms with Crippen molar-refractivity contribution in [2.75, 3.05) is 31.6 Å². The molecule has 2 saturated heterocycles. The SMILES string of the molecule is Cn1cc(C2CC3C(CC2F)NNC3C(=O)Nc2ccc(OCCN3CCCC3)cc2)cn1. The lowest BCUT2D eigenvalue weighted by atomic mass is 9.73. The largest absolute Gasteiger partial charge is 0.492 e. The first-order valence-electron chi connectivity index (χ1n) is 12.0. The van der Waals surface area contributed by atoms with Gasteiger partial charge in [0.25, 0.3) is 0 Å². The first-order valence-corrected chi connectivity index (χ1v) is 12.0. The minimum absolute atomic E-state index is 0.00963. The number of halogens is 1. The molecule has 1 aromatic carbocycles. The minimum Gasteiger partial charge on any atom is -0.492 e. The van der Waals surface area contributed by atoms with Crippen LogP contribution in [0.3, 0.4) is 0 Å². The summed E-state index contributed by atoms with van der Waals surface area (Å²) in [5.74, 6) is 0.456. The van der Waals surface area contributed by atoms with E-state index < -0.39 is 12.2 Å². The summed E-state index contributed by atoms with van der Waals surface area (Å²) in [7, 11) is 1.83. The Hall–Kier alpha value is -2.49. The van der Waals surface area contributed by atoms with Crippen molar-refractivity contribution < 1.29 is 13.9 Å². The fraction of sp³-hybridized carbons (Fsp3) is 0.583. The van der Waals surface area contributed by atoms with Crippen molar-refractivity contribution in [1.29, 1.82) is 0 Å². The van der Waals surface area contributed by atoms with E-state index in [0.717, 1.165) is 36.6 Å². The molecule has 0 spiro atoms. The highest BCUT2D eigenvalue weighted by atomic mass is 19.1. The molecule has 1 amide bonds. The maximum atomic E-state index is 14.9. The van der Waals surface area contributed by atoms with E-state index >= 15 is 0 Å². The average Bonchev–Trinajstić information content (AvgIpc) is 3.55. The number of benzene rings is 1. The first-order chi connectivity index (χ1) is 16.1. The molecule has 5 unspecified atom stereocenters. The normalized spacial score (nSPS) is 29.7. The van der Waals surface area contributed by atoms with E-state index in [0.29, 0.717) is 19.4 Å². The Balaban J connectivity index is 1.15. The molecule has 0 radical (unpaired) electrons. The smallest absolute Gasteiger partial charge is 0.243 e. The van der Waals surface area contributed by atoms with Gasteiger partial charge in [-0.05, 0) is 68.6 Å². The number of nitrogens with zero attached hydrogens (tertiary/aromatic N) is 3. The Bertz CT molecular complexity index is 945. The van der Waals surface area contributed by atoms with Gasteiger partial charge in [0.2, 0.25) is 5.91 Å². The molecular formula is C24H33FN6O2. The van der Waals surface area contributed by atoms with E-state index in [1.165, 1.54) is 12.8 Å². The van der Waals surface area contributed by atoms with Gasteiger partial charge in [-0.3, -0.25) is 19.8 Å². The van der Waals surface area contributed by atoms with Crippen LogP contribution in [-0.2, 0) is 11.8 Å². The number of carbonyl (C=O) groups excluding carboxylic acids is 1. The zero-order chi connectivity index (χ0) is 22.8. The summed E-state index contributed by atoms with van der Waals surface area (Å²) in [6, 6.07) is 7.01. The Morgan fingerprint density at radius 1 is 1.21 bits per heavy atom. The van der Waals surface area contributed by atoms with Crippen molar-refractivity contribution in [1.82, 2.24) is 25.5 Å². The number of likely N-dealkylation sites (tertiary alicyclic amines) is 1. The number of hydrogen-bond donors (Lipinski definition) is 3. The number of hydrogen-bond acceptors (Lipinski definition) is 6. The molecule has 3 heterocycles. The van der Waals surface area contributed by atoms with E-state index in [9.17, 15) is 9.18 Å². The third-order valence-corrected chi connectivity index (χ3v) is 7.24. The molecule has 178 valence electrons. The highest BCUT2D eigenvalue weighted by Gasteiger charge is 2.47. The maximum Gasteiger partial charge on any atom is 0.243 e. The van der Waals surface area contributed by atoms with Crippen LogP contribution in [0.25, 0.3) is 0 Å². The van der Waals surface area contributed by atoms with Gasteiger partial charge in [-0.15, -0.1) is 0 Å². The third-order valence-electron chi connectivity index (χ3n) is 7.24. The Labute approximate surface area is 193 Å². The van der Waals surface area contributed by atoms with Gasteiger partial charge in [-0.1, -0.05) is 0 Å². The molecule has 1 aliphatic carbocycles. The maximum absolute atomic E-state index is 14.9. The van der Waals surface area contributed by atoms with E-state index in [4.69, 9.17) is 4.74 Å². The molecule has 3 aliphatic rings. The Morgan fingerprint density at radius 3 is 2.73 bits per heavy atom. The summed E-state index contributed by atoms with van der Waals surface area (Å²) in [5.41, 5.74) is 7.87. The van der Waals surface area contributed by atoms with Gasteiger partial charge in [0.15, 0.2) is 0 Å². The van der Waals surface area contributed by atoms with Crippen LogP contribution in [0.4, 0.5) is 10.1 Å². The molecule has 1 saturated carbocycles. The van der Waals surface area contributed by atoms with Crippen LogP contribution >= 0.6 is 0 Å². The topological polar surface area (TPSA) is 83.5 Å². The van der Waals surface area contributed by atoms with Gasteiger partial charge in [0.05, 0.1) is 6.20 Å². The van der Waals surface area contributed by atoms with E-state index in [2.05, 4.69) is 26.2 Å². The summed E-state index contributed by atoms with van der Waals surface area (Å²) in [6.07, 6.45) is 6.18. The van der Waals surface area contributed by atoms with Crippen molar-refractivity contribution >= 4 is 11.6 Å². The number of aromatic nitrogens is 2. The molecule has 2 aromatic rings. The first kappa shape index (κ1) is 22.3. The van der Waals surface area contributed by atoms with Crippen molar-refractivity contribution in [3.8, 4) is 5.75 Å². The Morgan fingerprint density at radius 2 is 2.00 bits per heavy atom. The fourth-order valence-corrected chi connectivity index (χ4v) is 5.41. The van der Waals surface area contributed by atoms with Crippen molar-refractivity contribution in [2.45, 2.75) is 49.9 Å². The summed E-state index contributed by atoms with van der Waals surface area (Å²) >= 11 is 0. The molecule has 3 N–H and O–H groups in total. The highest BCUT2D eigenvalue weighted by molar-refractivity contribution is 5.95. The van der Waals surface area contributed by atoms with Crippen molar-refractivity contribution in [3.63, 3.8) is 0 Å². The van der Waals surface area contributed by atoms with Gasteiger partial charge in [-0.25, -0.2) is 9.82 Å². The lowest BCUT2D eigenvalue weighted by Crippen LogP contribution is -2.43. The van der Waals surface area contributed by atoms with Crippen molar-refractivity contribution in [2.24, 2.45) is 13.0 Å². The number of ether oxygens (including phenoxy) is 1. The monoisotopic (exact) mass is 456 g/mol. The molecule has 33 heavy (non-hydrogen) atoms. The number of aryl methyl sites for hydroxylation is 1. The van der Waals surface area contributed by atoms with Gasteiger partial charge in [0, 0.05) is 43.4 Å². The van der Waals surface area contributed by atoms with E-state index in [-0.39, 0.29) is 23.8 Å². The van der Waals surface area contributed by atoms with E-state index in [1.54, 1.807) is 10.9 Å². The number of amides is 1. The number of anilines is 1. The van der Waals surface area contributed by atoms with Gasteiger partial charge in [0.1, 0.15) is 24.6 Å². The second-order valence-corrected chi connectivity index (χ2v) is 9.49.